The molecule has 9 atom stereocenters. The molecule has 1 N–H and O–H groups in total. The van der Waals surface area contributed by atoms with Gasteiger partial charge in [-0.05, 0) is 105 Å². The molecule has 0 aromatic rings. The Balaban J connectivity index is 0.000000948. The van der Waals surface area contributed by atoms with Crippen molar-refractivity contribution in [3.8, 4) is 0 Å². The van der Waals surface area contributed by atoms with Gasteiger partial charge in [0.25, 0.3) is 0 Å². The van der Waals surface area contributed by atoms with Crippen molar-refractivity contribution < 1.29 is 5.11 Å². The molecule has 0 amide bonds. The molecular formula is C25H46O. The van der Waals surface area contributed by atoms with E-state index in [0.717, 1.165) is 35.5 Å². The largest absolute Gasteiger partial charge is 0.393 e. The van der Waals surface area contributed by atoms with Crippen molar-refractivity contribution in [1.29, 1.82) is 0 Å². The van der Waals surface area contributed by atoms with Gasteiger partial charge in [0.2, 0.25) is 0 Å². The lowest BCUT2D eigenvalue weighted by molar-refractivity contribution is -0.125. The van der Waals surface area contributed by atoms with E-state index in [1.54, 1.807) is 0 Å². The highest BCUT2D eigenvalue weighted by molar-refractivity contribution is 5.04. The summed E-state index contributed by atoms with van der Waals surface area (Å²) >= 11 is 0. The predicted octanol–water partition coefficient (Wildman–Crippen LogP) is 7.08. The molecule has 4 rings (SSSR count). The molecule has 0 heterocycles. The highest BCUT2D eigenvalue weighted by atomic mass is 16.3. The zero-order chi connectivity index (χ0) is 18.9. The molecule has 4 aliphatic carbocycles. The van der Waals surface area contributed by atoms with Gasteiger partial charge in [-0.15, -0.1) is 0 Å². The summed E-state index contributed by atoms with van der Waals surface area (Å²) < 4.78 is 0. The molecular weight excluding hydrogens is 316 g/mol. The summed E-state index contributed by atoms with van der Waals surface area (Å²) in [6, 6.07) is 0. The molecule has 0 saturated heterocycles. The van der Waals surface area contributed by atoms with Gasteiger partial charge in [0.05, 0.1) is 6.10 Å². The van der Waals surface area contributed by atoms with Crippen LogP contribution in [-0.4, -0.2) is 11.2 Å². The standard InChI is InChI=1S/C23H40O.C2H6/c1-15-7-9-17-10-12-20-19(18(17)11-8-15)13-14-23(3)21(16(2)24)5-4-6-22(20)23;1-2/h15-22,24H,4-14H2,1-3H3;1-2H3. The number of hydrogen-bond acceptors (Lipinski definition) is 1. The highest BCUT2D eigenvalue weighted by Gasteiger charge is 2.55. The van der Waals surface area contributed by atoms with Gasteiger partial charge in [-0.2, -0.15) is 0 Å². The second kappa shape index (κ2) is 8.54. The maximum Gasteiger partial charge on any atom is 0.0545 e. The van der Waals surface area contributed by atoms with E-state index < -0.39 is 0 Å². The maximum atomic E-state index is 10.4. The summed E-state index contributed by atoms with van der Waals surface area (Å²) in [6.07, 6.45) is 15.9. The van der Waals surface area contributed by atoms with Crippen LogP contribution in [0.4, 0.5) is 0 Å². The molecule has 4 fully saturated rings. The summed E-state index contributed by atoms with van der Waals surface area (Å²) in [4.78, 5) is 0. The smallest absolute Gasteiger partial charge is 0.0545 e. The minimum atomic E-state index is -0.107. The van der Waals surface area contributed by atoms with Crippen LogP contribution in [0.5, 0.6) is 0 Å². The van der Waals surface area contributed by atoms with Crippen molar-refractivity contribution in [2.24, 2.45) is 46.8 Å². The molecule has 0 aromatic carbocycles. The van der Waals surface area contributed by atoms with Crippen LogP contribution in [0.1, 0.15) is 105 Å². The van der Waals surface area contributed by atoms with Crippen LogP contribution in [0, 0.1) is 46.8 Å². The average Bonchev–Trinajstić information content (AvgIpc) is 2.83. The summed E-state index contributed by atoms with van der Waals surface area (Å²) in [6.45, 7) is 11.1. The Morgan fingerprint density at radius 3 is 2.19 bits per heavy atom. The molecule has 1 nitrogen and oxygen atoms in total. The molecule has 4 saturated carbocycles. The number of hydrogen-bond donors (Lipinski definition) is 1. The molecule has 26 heavy (non-hydrogen) atoms. The van der Waals surface area contributed by atoms with E-state index in [-0.39, 0.29) is 6.10 Å². The predicted molar refractivity (Wildman–Crippen MR) is 112 cm³/mol. The molecule has 0 aliphatic heterocycles. The van der Waals surface area contributed by atoms with Crippen LogP contribution in [0.25, 0.3) is 0 Å². The third-order valence-corrected chi connectivity index (χ3v) is 9.44. The van der Waals surface area contributed by atoms with Crippen molar-refractivity contribution in [3.05, 3.63) is 0 Å². The molecule has 0 spiro atoms. The van der Waals surface area contributed by atoms with Crippen LogP contribution in [-0.2, 0) is 0 Å². The topological polar surface area (TPSA) is 20.2 Å². The average molecular weight is 363 g/mol. The SMILES string of the molecule is CC.CC1CCC2CCC3C(CCC4(C)C(C(C)O)CCCC34)C2CC1. The Bertz CT molecular complexity index is 443. The fourth-order valence-corrected chi connectivity index (χ4v) is 8.19. The zero-order valence-corrected chi connectivity index (χ0v) is 18.3. The lowest BCUT2D eigenvalue weighted by Crippen LogP contribution is -2.53. The first kappa shape index (κ1) is 20.7. The van der Waals surface area contributed by atoms with E-state index in [1.165, 1.54) is 70.6 Å². The molecule has 0 aromatic heterocycles. The molecule has 0 bridgehead atoms. The van der Waals surface area contributed by atoms with Gasteiger partial charge < -0.3 is 5.11 Å². The first-order valence-corrected chi connectivity index (χ1v) is 12.2. The van der Waals surface area contributed by atoms with Gasteiger partial charge in [0.15, 0.2) is 0 Å². The Kier molecular flexibility index (Phi) is 6.80. The first-order chi connectivity index (χ1) is 12.5. The van der Waals surface area contributed by atoms with E-state index in [4.69, 9.17) is 0 Å². The fourth-order valence-electron chi connectivity index (χ4n) is 8.19. The Morgan fingerprint density at radius 1 is 0.808 bits per heavy atom. The fraction of sp³-hybridized carbons (Fsp3) is 1.00. The van der Waals surface area contributed by atoms with E-state index in [0.29, 0.717) is 11.3 Å². The van der Waals surface area contributed by atoms with Crippen molar-refractivity contribution in [2.45, 2.75) is 111 Å². The van der Waals surface area contributed by atoms with E-state index >= 15 is 0 Å². The number of rotatable bonds is 1. The molecule has 1 heteroatoms. The van der Waals surface area contributed by atoms with Gasteiger partial charge in [-0.3, -0.25) is 0 Å². The summed E-state index contributed by atoms with van der Waals surface area (Å²) in [5.74, 6) is 6.55. The minimum Gasteiger partial charge on any atom is -0.393 e. The monoisotopic (exact) mass is 362 g/mol. The lowest BCUT2D eigenvalue weighted by Gasteiger charge is -2.60. The molecule has 0 radical (unpaired) electrons. The number of fused-ring (bicyclic) bond motifs is 5. The van der Waals surface area contributed by atoms with Crippen molar-refractivity contribution in [3.63, 3.8) is 0 Å². The number of aliphatic hydroxyl groups is 1. The Hall–Kier alpha value is -0.0400. The van der Waals surface area contributed by atoms with Crippen LogP contribution in [0.3, 0.4) is 0 Å². The molecule has 9 unspecified atom stereocenters. The second-order valence-electron chi connectivity index (χ2n) is 10.5. The van der Waals surface area contributed by atoms with Crippen LogP contribution < -0.4 is 0 Å². The third-order valence-electron chi connectivity index (χ3n) is 9.44. The van der Waals surface area contributed by atoms with E-state index in [1.807, 2.05) is 13.8 Å². The molecule has 152 valence electrons. The van der Waals surface area contributed by atoms with Crippen molar-refractivity contribution in [2.75, 3.05) is 0 Å². The summed E-state index contributed by atoms with van der Waals surface area (Å²) in [7, 11) is 0. The van der Waals surface area contributed by atoms with E-state index in [9.17, 15) is 5.11 Å². The second-order valence-corrected chi connectivity index (χ2v) is 10.5. The third kappa shape index (κ3) is 3.63. The van der Waals surface area contributed by atoms with Gasteiger partial charge in [0.1, 0.15) is 0 Å². The maximum absolute atomic E-state index is 10.4. The first-order valence-electron chi connectivity index (χ1n) is 12.2. The zero-order valence-electron chi connectivity index (χ0n) is 18.3. The minimum absolute atomic E-state index is 0.107. The Labute approximate surface area is 163 Å². The van der Waals surface area contributed by atoms with Crippen LogP contribution in [0.15, 0.2) is 0 Å². The number of aliphatic hydroxyl groups excluding tert-OH is 1. The normalized spacial score (nSPS) is 49.4. The van der Waals surface area contributed by atoms with E-state index in [2.05, 4.69) is 20.8 Å². The lowest BCUT2D eigenvalue weighted by atomic mass is 9.45. The van der Waals surface area contributed by atoms with Gasteiger partial charge >= 0.3 is 0 Å². The van der Waals surface area contributed by atoms with Crippen LogP contribution >= 0.6 is 0 Å². The summed E-state index contributed by atoms with van der Waals surface area (Å²) in [5, 5.41) is 10.4. The molecule has 4 aliphatic rings. The Morgan fingerprint density at radius 2 is 1.46 bits per heavy atom. The van der Waals surface area contributed by atoms with Crippen molar-refractivity contribution in [1.82, 2.24) is 0 Å². The quantitative estimate of drug-likeness (QED) is 0.528. The van der Waals surface area contributed by atoms with Gasteiger partial charge in [-0.25, -0.2) is 0 Å². The summed E-state index contributed by atoms with van der Waals surface area (Å²) in [5.41, 5.74) is 0.429. The van der Waals surface area contributed by atoms with Gasteiger partial charge in [-0.1, -0.05) is 47.0 Å². The van der Waals surface area contributed by atoms with Crippen molar-refractivity contribution >= 4 is 0 Å². The highest BCUT2D eigenvalue weighted by Crippen LogP contribution is 2.63. The van der Waals surface area contributed by atoms with Crippen LogP contribution in [0.2, 0.25) is 0 Å². The van der Waals surface area contributed by atoms with Gasteiger partial charge in [0, 0.05) is 0 Å².